The molecule has 0 spiro atoms. The summed E-state index contributed by atoms with van der Waals surface area (Å²) in [6.07, 6.45) is 2.30. The summed E-state index contributed by atoms with van der Waals surface area (Å²) in [5, 5.41) is 0. The lowest BCUT2D eigenvalue weighted by Crippen LogP contribution is -2.39. The van der Waals surface area contributed by atoms with E-state index in [2.05, 4.69) is 6.92 Å². The van der Waals surface area contributed by atoms with Gasteiger partial charge in [-0.25, -0.2) is 0 Å². The van der Waals surface area contributed by atoms with Crippen LogP contribution in [-0.4, -0.2) is 11.4 Å². The predicted molar refractivity (Wildman–Crippen MR) is 94.8 cm³/mol. The minimum atomic E-state index is -0.415. The first-order valence-corrected chi connectivity index (χ1v) is 8.55. The van der Waals surface area contributed by atoms with E-state index < -0.39 is 5.60 Å². The molecule has 1 unspecified atom stereocenters. The monoisotopic (exact) mass is 324 g/mol. The van der Waals surface area contributed by atoms with Gasteiger partial charge in [0.1, 0.15) is 23.7 Å². The summed E-state index contributed by atoms with van der Waals surface area (Å²) >= 11 is 0. The van der Waals surface area contributed by atoms with E-state index in [1.165, 1.54) is 0 Å². The van der Waals surface area contributed by atoms with E-state index in [4.69, 9.17) is 9.47 Å². The summed E-state index contributed by atoms with van der Waals surface area (Å²) in [5.41, 5.74) is 2.27. The van der Waals surface area contributed by atoms with Gasteiger partial charge in [-0.3, -0.25) is 4.79 Å². The summed E-state index contributed by atoms with van der Waals surface area (Å²) in [7, 11) is 0. The van der Waals surface area contributed by atoms with Crippen LogP contribution < -0.4 is 9.47 Å². The largest absolute Gasteiger partial charge is 0.488 e. The second-order valence-corrected chi connectivity index (χ2v) is 6.74. The minimum absolute atomic E-state index is 0.157. The molecule has 0 N–H and O–H groups in total. The van der Waals surface area contributed by atoms with Crippen LogP contribution in [0.2, 0.25) is 0 Å². The number of rotatable bonds is 5. The van der Waals surface area contributed by atoms with E-state index in [-0.39, 0.29) is 5.78 Å². The molecule has 0 fully saturated rings. The highest BCUT2D eigenvalue weighted by molar-refractivity contribution is 6.01. The van der Waals surface area contributed by atoms with Crippen LogP contribution in [0.4, 0.5) is 0 Å². The maximum absolute atomic E-state index is 12.5. The molecule has 1 aliphatic heterocycles. The van der Waals surface area contributed by atoms with Crippen molar-refractivity contribution >= 4 is 5.78 Å². The molecule has 0 radical (unpaired) electrons. The van der Waals surface area contributed by atoms with Gasteiger partial charge in [0.2, 0.25) is 0 Å². The Morgan fingerprint density at radius 3 is 2.62 bits per heavy atom. The molecule has 0 bridgehead atoms. The Balaban J connectivity index is 1.86. The van der Waals surface area contributed by atoms with Crippen molar-refractivity contribution in [3.63, 3.8) is 0 Å². The quantitative estimate of drug-likeness (QED) is 0.768. The van der Waals surface area contributed by atoms with Crippen molar-refractivity contribution < 1.29 is 14.3 Å². The van der Waals surface area contributed by atoms with Crippen LogP contribution >= 0.6 is 0 Å². The van der Waals surface area contributed by atoms with Crippen LogP contribution in [0.5, 0.6) is 11.5 Å². The smallest absolute Gasteiger partial charge is 0.170 e. The van der Waals surface area contributed by atoms with E-state index in [9.17, 15) is 4.79 Å². The maximum Gasteiger partial charge on any atom is 0.170 e. The zero-order chi connectivity index (χ0) is 17.2. The lowest BCUT2D eigenvalue weighted by atomic mass is 9.87. The Morgan fingerprint density at radius 2 is 1.92 bits per heavy atom. The van der Waals surface area contributed by atoms with Gasteiger partial charge in [0.05, 0.1) is 12.0 Å². The Bertz CT molecular complexity index is 736. The second kappa shape index (κ2) is 6.68. The fourth-order valence-corrected chi connectivity index (χ4v) is 3.30. The summed E-state index contributed by atoms with van der Waals surface area (Å²) in [5.74, 6) is 1.61. The summed E-state index contributed by atoms with van der Waals surface area (Å²) in [6.45, 7) is 6.60. The molecule has 126 valence electrons. The van der Waals surface area contributed by atoms with Crippen molar-refractivity contribution in [3.8, 4) is 11.5 Å². The Labute approximate surface area is 143 Å². The van der Waals surface area contributed by atoms with Gasteiger partial charge in [-0.15, -0.1) is 0 Å². The van der Waals surface area contributed by atoms with E-state index in [1.807, 2.05) is 56.3 Å². The number of ether oxygens (including phenoxy) is 2. The zero-order valence-corrected chi connectivity index (χ0v) is 14.6. The van der Waals surface area contributed by atoms with Crippen LogP contribution in [0.1, 0.15) is 54.6 Å². The maximum atomic E-state index is 12.5. The van der Waals surface area contributed by atoms with Crippen LogP contribution in [-0.2, 0) is 6.61 Å². The van der Waals surface area contributed by atoms with Gasteiger partial charge in [-0.1, -0.05) is 43.7 Å². The normalized spacial score (nSPS) is 19.5. The molecule has 0 saturated heterocycles. The molecule has 2 aromatic carbocycles. The van der Waals surface area contributed by atoms with E-state index in [1.54, 1.807) is 0 Å². The molecular weight excluding hydrogens is 300 g/mol. The summed E-state index contributed by atoms with van der Waals surface area (Å²) < 4.78 is 12.2. The summed E-state index contributed by atoms with van der Waals surface area (Å²) in [4.78, 5) is 12.5. The van der Waals surface area contributed by atoms with Crippen molar-refractivity contribution in [1.82, 2.24) is 0 Å². The molecular formula is C21H24O3. The SMILES string of the molecule is CCCC1(C)CC(=O)c2ccc(OCc3ccccc3)c(C)c2O1. The average Bonchev–Trinajstić information content (AvgIpc) is 2.56. The third-order valence-electron chi connectivity index (χ3n) is 4.56. The van der Waals surface area contributed by atoms with Crippen LogP contribution in [0.15, 0.2) is 42.5 Å². The number of hydrogen-bond acceptors (Lipinski definition) is 3. The van der Waals surface area contributed by atoms with Gasteiger partial charge in [0.25, 0.3) is 0 Å². The van der Waals surface area contributed by atoms with E-state index >= 15 is 0 Å². The zero-order valence-electron chi connectivity index (χ0n) is 14.6. The first-order chi connectivity index (χ1) is 11.5. The van der Waals surface area contributed by atoms with Crippen LogP contribution in [0.25, 0.3) is 0 Å². The number of hydrogen-bond donors (Lipinski definition) is 0. The Kier molecular flexibility index (Phi) is 4.61. The van der Waals surface area contributed by atoms with Gasteiger partial charge in [0, 0.05) is 5.56 Å². The molecule has 3 heteroatoms. The molecule has 0 aliphatic carbocycles. The minimum Gasteiger partial charge on any atom is -0.488 e. The third kappa shape index (κ3) is 3.30. The highest BCUT2D eigenvalue weighted by Gasteiger charge is 2.37. The Morgan fingerprint density at radius 1 is 1.17 bits per heavy atom. The molecule has 0 aromatic heterocycles. The van der Waals surface area contributed by atoms with Crippen molar-refractivity contribution in [3.05, 3.63) is 59.2 Å². The fourth-order valence-electron chi connectivity index (χ4n) is 3.30. The standard InChI is InChI=1S/C21H24O3/c1-4-12-21(3)13-18(22)17-10-11-19(15(2)20(17)24-21)23-14-16-8-6-5-7-9-16/h5-11H,4,12-14H2,1-3H3. The lowest BCUT2D eigenvalue weighted by molar-refractivity contribution is 0.0457. The van der Waals surface area contributed by atoms with Gasteiger partial charge in [-0.05, 0) is 38.0 Å². The van der Waals surface area contributed by atoms with Gasteiger partial charge < -0.3 is 9.47 Å². The van der Waals surface area contributed by atoms with Crippen LogP contribution in [0, 0.1) is 6.92 Å². The van der Waals surface area contributed by atoms with Crippen LogP contribution in [0.3, 0.4) is 0 Å². The molecule has 24 heavy (non-hydrogen) atoms. The molecule has 3 nitrogen and oxygen atoms in total. The highest BCUT2D eigenvalue weighted by atomic mass is 16.5. The number of carbonyl (C=O) groups excluding carboxylic acids is 1. The van der Waals surface area contributed by atoms with Crippen molar-refractivity contribution in [1.29, 1.82) is 0 Å². The Hall–Kier alpha value is -2.29. The molecule has 1 atom stereocenters. The molecule has 0 saturated carbocycles. The highest BCUT2D eigenvalue weighted by Crippen LogP contribution is 2.41. The number of benzene rings is 2. The first kappa shape index (κ1) is 16.6. The fraction of sp³-hybridized carbons (Fsp3) is 0.381. The average molecular weight is 324 g/mol. The van der Waals surface area contributed by atoms with Crippen molar-refractivity contribution in [2.45, 2.75) is 52.2 Å². The van der Waals surface area contributed by atoms with E-state index in [0.717, 1.165) is 29.7 Å². The van der Waals surface area contributed by atoms with Gasteiger partial charge in [0.15, 0.2) is 5.78 Å². The molecule has 3 rings (SSSR count). The summed E-state index contributed by atoms with van der Waals surface area (Å²) in [6, 6.07) is 13.8. The van der Waals surface area contributed by atoms with Crippen molar-refractivity contribution in [2.24, 2.45) is 0 Å². The number of Topliss-reactive ketones (excluding diaryl/α,β-unsaturated/α-hetero) is 1. The van der Waals surface area contributed by atoms with E-state index in [0.29, 0.717) is 24.3 Å². The topological polar surface area (TPSA) is 35.5 Å². The molecule has 1 aliphatic rings. The molecule has 1 heterocycles. The van der Waals surface area contributed by atoms with Gasteiger partial charge in [-0.2, -0.15) is 0 Å². The number of ketones is 1. The van der Waals surface area contributed by atoms with Gasteiger partial charge >= 0.3 is 0 Å². The first-order valence-electron chi connectivity index (χ1n) is 8.55. The lowest BCUT2D eigenvalue weighted by Gasteiger charge is -2.36. The second-order valence-electron chi connectivity index (χ2n) is 6.74. The number of fused-ring (bicyclic) bond motifs is 1. The predicted octanol–water partition coefficient (Wildman–Crippen LogP) is 5.10. The molecule has 0 amide bonds. The van der Waals surface area contributed by atoms with Crippen molar-refractivity contribution in [2.75, 3.05) is 0 Å². The number of carbonyl (C=O) groups is 1. The molecule has 2 aromatic rings. The third-order valence-corrected chi connectivity index (χ3v) is 4.56.